The number of fused-ring (bicyclic) bond motifs is 1. The van der Waals surface area contributed by atoms with Crippen LogP contribution in [0.2, 0.25) is 0 Å². The van der Waals surface area contributed by atoms with Gasteiger partial charge in [0.25, 0.3) is 0 Å². The zero-order valence-electron chi connectivity index (χ0n) is 7.38. The minimum Gasteiger partial charge on any atom is -0.465 e. The van der Waals surface area contributed by atoms with Crippen molar-refractivity contribution in [2.75, 3.05) is 0 Å². The third-order valence-corrected chi connectivity index (χ3v) is 1.60. The molecule has 2 rings (SSSR count). The number of benzene rings is 1. The fourth-order valence-corrected chi connectivity index (χ4v) is 1.08. The molecule has 1 nitrogen and oxygen atoms in total. The topological polar surface area (TPSA) is 9.23 Å². The number of para-hydroxylation sites is 1. The van der Waals surface area contributed by atoms with Crippen LogP contribution >= 0.6 is 0 Å². The maximum absolute atomic E-state index is 5.24. The Bertz CT molecular complexity index is 256. The quantitative estimate of drug-likeness (QED) is 0.637. The van der Waals surface area contributed by atoms with Gasteiger partial charge in [-0.1, -0.05) is 18.2 Å². The van der Waals surface area contributed by atoms with E-state index in [2.05, 4.69) is 6.07 Å². The van der Waals surface area contributed by atoms with Crippen LogP contribution in [0.15, 0.2) is 36.6 Å². The largest absolute Gasteiger partial charge is 0.465 e. The Morgan fingerprint density at radius 2 is 1.79 bits per heavy atom. The van der Waals surface area contributed by atoms with Gasteiger partial charge in [0.2, 0.25) is 0 Å². The van der Waals surface area contributed by atoms with Crippen LogP contribution in [0.25, 0.3) is 0 Å². The molecule has 0 amide bonds. The monoisotopic (exact) mass is 365 g/mol. The summed E-state index contributed by atoms with van der Waals surface area (Å²) in [5.74, 6) is 0.991. The fraction of sp³-hybridized carbons (Fsp3) is 0.111. The summed E-state index contributed by atoms with van der Waals surface area (Å²) in [5, 5.41) is 0. The summed E-state index contributed by atoms with van der Waals surface area (Å²) in [6.45, 7) is 0. The van der Waals surface area contributed by atoms with Crippen molar-refractivity contribution < 1.29 is 70.7 Å². The number of ether oxygens (including phenoxy) is 1. The van der Waals surface area contributed by atoms with Gasteiger partial charge in [0.1, 0.15) is 5.75 Å². The second-order valence-corrected chi connectivity index (χ2v) is 2.30. The van der Waals surface area contributed by atoms with E-state index in [9.17, 15) is 0 Å². The van der Waals surface area contributed by atoms with E-state index >= 15 is 0 Å². The summed E-state index contributed by atoms with van der Waals surface area (Å²) < 4.78 is 5.24. The molecule has 0 spiro atoms. The van der Waals surface area contributed by atoms with Crippen LogP contribution in [0.5, 0.6) is 5.75 Å². The van der Waals surface area contributed by atoms with E-state index in [1.807, 2.05) is 24.3 Å². The molecule has 1 aliphatic heterocycles. The average molecular weight is 366 g/mol. The Labute approximate surface area is 141 Å². The third-order valence-electron chi connectivity index (χ3n) is 1.60. The molecule has 1 aromatic carbocycles. The van der Waals surface area contributed by atoms with Gasteiger partial charge >= 0.3 is 0 Å². The van der Waals surface area contributed by atoms with Crippen LogP contribution in [0.1, 0.15) is 5.56 Å². The van der Waals surface area contributed by atoms with Crippen LogP contribution < -0.4 is 4.74 Å². The zero-order valence-corrected chi connectivity index (χ0v) is 13.4. The molecule has 1 heterocycles. The molecule has 0 unspecified atom stereocenters. The Balaban J connectivity index is -0.000000302. The molecule has 0 fully saturated rings. The second-order valence-electron chi connectivity index (χ2n) is 2.30. The molecule has 14 heavy (non-hydrogen) atoms. The molecule has 0 saturated heterocycles. The molecule has 5 radical (unpaired) electrons. The van der Waals surface area contributed by atoms with Gasteiger partial charge < -0.3 is 4.74 Å². The van der Waals surface area contributed by atoms with Crippen molar-refractivity contribution in [3.8, 4) is 5.75 Å². The molecule has 0 aliphatic carbocycles. The van der Waals surface area contributed by atoms with Gasteiger partial charge in [-0.25, -0.2) is 0 Å². The van der Waals surface area contributed by atoms with Crippen LogP contribution in [-0.2, 0) is 72.4 Å². The van der Waals surface area contributed by atoms with Gasteiger partial charge in [0.15, 0.2) is 0 Å². The first-order chi connectivity index (χ1) is 4.97. The predicted molar refractivity (Wildman–Crippen MR) is 45.7 cm³/mol. The minimum absolute atomic E-state index is 0. The Morgan fingerprint density at radius 1 is 1.14 bits per heavy atom. The first-order valence-corrected chi connectivity index (χ1v) is 3.36. The van der Waals surface area contributed by atoms with Gasteiger partial charge in [-0.15, -0.1) is 0 Å². The molecule has 75 valence electrons. The maximum Gasteiger partial charge on any atom is 0.130 e. The van der Waals surface area contributed by atoms with E-state index in [0.717, 1.165) is 12.2 Å². The smallest absolute Gasteiger partial charge is 0.130 e. The van der Waals surface area contributed by atoms with Crippen molar-refractivity contribution in [1.82, 2.24) is 0 Å². The molecule has 0 bridgehead atoms. The second kappa shape index (κ2) is 10.9. The maximum atomic E-state index is 5.24. The van der Waals surface area contributed by atoms with Crippen molar-refractivity contribution in [1.29, 1.82) is 0 Å². The van der Waals surface area contributed by atoms with E-state index in [1.165, 1.54) is 5.56 Å². The van der Waals surface area contributed by atoms with Crippen LogP contribution in [-0.4, -0.2) is 17.4 Å². The summed E-state index contributed by atoms with van der Waals surface area (Å²) in [4.78, 5) is 0. The molecule has 5 heteroatoms. The third kappa shape index (κ3) is 5.47. The summed E-state index contributed by atoms with van der Waals surface area (Å²) >= 11 is 0. The van der Waals surface area contributed by atoms with Gasteiger partial charge in [-0.05, 0) is 24.1 Å². The Morgan fingerprint density at radius 3 is 2.43 bits per heavy atom. The van der Waals surface area contributed by atoms with Crippen molar-refractivity contribution >= 4 is 17.4 Å². The molecule has 0 N–H and O–H groups in total. The van der Waals surface area contributed by atoms with Crippen molar-refractivity contribution in [2.45, 2.75) is 6.42 Å². The van der Waals surface area contributed by atoms with Crippen molar-refractivity contribution in [3.63, 3.8) is 0 Å². The molecular weight excluding hydrogens is 358 g/mol. The van der Waals surface area contributed by atoms with Crippen LogP contribution in [0.3, 0.4) is 0 Å². The normalized spacial score (nSPS) is 10.0. The summed E-state index contributed by atoms with van der Waals surface area (Å²) in [6, 6.07) is 8.08. The fourth-order valence-electron chi connectivity index (χ4n) is 1.08. The standard InChI is InChI=1S/C9H8O.Al.Co.Ni.Y/c1-2-6-9-8(4-1)5-3-7-10-9;;;;/h1-4,6-7H,5H2;;;;. The Kier molecular flexibility index (Phi) is 16.2. The first-order valence-electron chi connectivity index (χ1n) is 3.36. The van der Waals surface area contributed by atoms with Crippen molar-refractivity contribution in [3.05, 3.63) is 42.2 Å². The van der Waals surface area contributed by atoms with Crippen LogP contribution in [0, 0.1) is 0 Å². The summed E-state index contributed by atoms with van der Waals surface area (Å²) in [6.07, 6.45) is 4.75. The molecular formula is C9H8AlCoNiOY. The molecule has 1 aliphatic rings. The summed E-state index contributed by atoms with van der Waals surface area (Å²) in [7, 11) is 0. The Hall–Kier alpha value is 1.40. The number of hydrogen-bond acceptors (Lipinski definition) is 1. The molecule has 0 aromatic heterocycles. The minimum atomic E-state index is 0. The number of hydrogen-bond donors (Lipinski definition) is 0. The van der Waals surface area contributed by atoms with Crippen molar-refractivity contribution in [2.24, 2.45) is 0 Å². The number of rotatable bonds is 0. The predicted octanol–water partition coefficient (Wildman–Crippen LogP) is 1.75. The molecule has 0 saturated carbocycles. The summed E-state index contributed by atoms with van der Waals surface area (Å²) in [5.41, 5.74) is 1.27. The number of allylic oxidation sites excluding steroid dienone is 1. The van der Waals surface area contributed by atoms with E-state index in [0.29, 0.717) is 0 Å². The van der Waals surface area contributed by atoms with E-state index in [4.69, 9.17) is 4.74 Å². The zero-order chi connectivity index (χ0) is 6.81. The first kappa shape index (κ1) is 20.8. The van der Waals surface area contributed by atoms with Gasteiger partial charge in [0, 0.05) is 83.3 Å². The van der Waals surface area contributed by atoms with Gasteiger partial charge in [-0.3, -0.25) is 0 Å². The van der Waals surface area contributed by atoms with E-state index in [-0.39, 0.29) is 83.3 Å². The molecule has 1 aromatic rings. The average Bonchev–Trinajstić information content (AvgIpc) is 2.05. The van der Waals surface area contributed by atoms with Crippen LogP contribution in [0.4, 0.5) is 0 Å². The van der Waals surface area contributed by atoms with Gasteiger partial charge in [-0.2, -0.15) is 0 Å². The van der Waals surface area contributed by atoms with E-state index < -0.39 is 0 Å². The van der Waals surface area contributed by atoms with Gasteiger partial charge in [0.05, 0.1) is 6.26 Å². The molecule has 0 atom stereocenters. The SMILES string of the molecule is C1=COc2ccccc2C1.[Al].[Co].[Ni].[Y]. The van der Waals surface area contributed by atoms with E-state index in [1.54, 1.807) is 6.26 Å².